The Morgan fingerprint density at radius 1 is 1.07 bits per heavy atom. The number of hydrogen-bond donors (Lipinski definition) is 2. The van der Waals surface area contributed by atoms with Gasteiger partial charge in [0.2, 0.25) is 0 Å². The number of aryl methyl sites for hydroxylation is 1. The second-order valence-electron chi connectivity index (χ2n) is 6.68. The van der Waals surface area contributed by atoms with E-state index in [1.54, 1.807) is 13.0 Å². The summed E-state index contributed by atoms with van der Waals surface area (Å²) in [7, 11) is 0. The molecule has 0 saturated carbocycles. The SMILES string of the molecule is Cc1cc(NC(=O)NCc2cn(Cc3ccccc3)nc2-c2ccccc2)no1. The molecule has 0 radical (unpaired) electrons. The molecule has 0 spiro atoms. The van der Waals surface area contributed by atoms with Crippen LogP contribution in [0.15, 0.2) is 77.4 Å². The molecule has 0 atom stereocenters. The molecule has 0 aliphatic heterocycles. The smallest absolute Gasteiger partial charge is 0.320 e. The Labute approximate surface area is 168 Å². The third-order valence-corrected chi connectivity index (χ3v) is 4.38. The minimum atomic E-state index is -0.354. The lowest BCUT2D eigenvalue weighted by molar-refractivity contribution is 0.251. The standard InChI is InChI=1S/C22H21N5O2/c1-16-12-20(26-29-16)24-22(28)23-13-19-15-27(14-17-8-4-2-5-9-17)25-21(19)18-10-6-3-7-11-18/h2-12,15H,13-14H2,1H3,(H2,23,24,26,28). The summed E-state index contributed by atoms with van der Waals surface area (Å²) in [5, 5.41) is 14.0. The van der Waals surface area contributed by atoms with Crippen molar-refractivity contribution in [2.24, 2.45) is 0 Å². The van der Waals surface area contributed by atoms with E-state index in [1.165, 1.54) is 0 Å². The normalized spacial score (nSPS) is 10.7. The maximum atomic E-state index is 12.2. The number of carbonyl (C=O) groups excluding carboxylic acids is 1. The van der Waals surface area contributed by atoms with Gasteiger partial charge in [-0.05, 0) is 12.5 Å². The number of nitrogens with one attached hydrogen (secondary N) is 2. The highest BCUT2D eigenvalue weighted by Crippen LogP contribution is 2.22. The average molecular weight is 387 g/mol. The number of nitrogens with zero attached hydrogens (tertiary/aromatic N) is 3. The molecular weight excluding hydrogens is 366 g/mol. The summed E-state index contributed by atoms with van der Waals surface area (Å²) in [6.45, 7) is 2.76. The fourth-order valence-corrected chi connectivity index (χ4v) is 3.04. The van der Waals surface area contributed by atoms with E-state index in [2.05, 4.69) is 27.9 Å². The topological polar surface area (TPSA) is 85.0 Å². The van der Waals surface area contributed by atoms with Crippen molar-refractivity contribution in [2.45, 2.75) is 20.0 Å². The van der Waals surface area contributed by atoms with Crippen molar-refractivity contribution < 1.29 is 9.32 Å². The van der Waals surface area contributed by atoms with Crippen LogP contribution >= 0.6 is 0 Å². The molecule has 2 aromatic carbocycles. The number of rotatable bonds is 6. The van der Waals surface area contributed by atoms with Crippen LogP contribution in [-0.4, -0.2) is 21.0 Å². The Hall–Kier alpha value is -3.87. The molecule has 2 amide bonds. The van der Waals surface area contributed by atoms with Gasteiger partial charge in [-0.1, -0.05) is 65.8 Å². The number of carbonyl (C=O) groups is 1. The molecule has 7 heteroatoms. The fourth-order valence-electron chi connectivity index (χ4n) is 3.04. The van der Waals surface area contributed by atoms with Gasteiger partial charge < -0.3 is 9.84 Å². The molecule has 146 valence electrons. The van der Waals surface area contributed by atoms with Gasteiger partial charge in [0.15, 0.2) is 5.82 Å². The number of urea groups is 1. The molecule has 0 fully saturated rings. The molecule has 0 aliphatic carbocycles. The van der Waals surface area contributed by atoms with Gasteiger partial charge >= 0.3 is 6.03 Å². The van der Waals surface area contributed by atoms with Crippen LogP contribution in [-0.2, 0) is 13.1 Å². The van der Waals surface area contributed by atoms with Crippen LogP contribution in [0, 0.1) is 6.92 Å². The van der Waals surface area contributed by atoms with Crippen molar-refractivity contribution in [1.82, 2.24) is 20.3 Å². The van der Waals surface area contributed by atoms with Gasteiger partial charge in [-0.15, -0.1) is 0 Å². The van der Waals surface area contributed by atoms with Crippen molar-refractivity contribution in [3.63, 3.8) is 0 Å². The quantitative estimate of drug-likeness (QED) is 0.519. The summed E-state index contributed by atoms with van der Waals surface area (Å²) in [5.74, 6) is 1.01. The van der Waals surface area contributed by atoms with E-state index in [4.69, 9.17) is 9.62 Å². The van der Waals surface area contributed by atoms with E-state index < -0.39 is 0 Å². The lowest BCUT2D eigenvalue weighted by Gasteiger charge is -2.05. The number of anilines is 1. The Morgan fingerprint density at radius 2 is 1.79 bits per heavy atom. The molecule has 4 aromatic rings. The van der Waals surface area contributed by atoms with Gasteiger partial charge in [0.25, 0.3) is 0 Å². The van der Waals surface area contributed by atoms with Gasteiger partial charge in [0.1, 0.15) is 5.76 Å². The van der Waals surface area contributed by atoms with Gasteiger partial charge in [0.05, 0.1) is 12.2 Å². The van der Waals surface area contributed by atoms with Crippen LogP contribution in [0.3, 0.4) is 0 Å². The Bertz CT molecular complexity index is 1090. The molecule has 0 unspecified atom stereocenters. The van der Waals surface area contributed by atoms with Crippen LogP contribution in [0.4, 0.5) is 10.6 Å². The summed E-state index contributed by atoms with van der Waals surface area (Å²) in [6.07, 6.45) is 1.97. The molecule has 0 aliphatic rings. The maximum absolute atomic E-state index is 12.2. The highest BCUT2D eigenvalue weighted by molar-refractivity contribution is 5.88. The van der Waals surface area contributed by atoms with E-state index in [-0.39, 0.29) is 6.03 Å². The van der Waals surface area contributed by atoms with Gasteiger partial charge in [-0.2, -0.15) is 5.10 Å². The van der Waals surface area contributed by atoms with Gasteiger partial charge in [-0.25, -0.2) is 4.79 Å². The van der Waals surface area contributed by atoms with Gasteiger partial charge in [-0.3, -0.25) is 10.00 Å². The molecule has 0 saturated heterocycles. The molecule has 7 nitrogen and oxygen atoms in total. The summed E-state index contributed by atoms with van der Waals surface area (Å²) in [5.41, 5.74) is 3.94. The van der Waals surface area contributed by atoms with Crippen molar-refractivity contribution in [3.8, 4) is 11.3 Å². The zero-order chi connectivity index (χ0) is 20.1. The minimum Gasteiger partial charge on any atom is -0.360 e. The Morgan fingerprint density at radius 3 is 2.48 bits per heavy atom. The third kappa shape index (κ3) is 4.70. The van der Waals surface area contributed by atoms with E-state index in [1.807, 2.05) is 59.4 Å². The van der Waals surface area contributed by atoms with Crippen LogP contribution < -0.4 is 10.6 Å². The fraction of sp³-hybridized carbons (Fsp3) is 0.136. The van der Waals surface area contributed by atoms with Crippen LogP contribution in [0.5, 0.6) is 0 Å². The van der Waals surface area contributed by atoms with E-state index in [0.717, 1.165) is 22.4 Å². The second-order valence-corrected chi connectivity index (χ2v) is 6.68. The Balaban J connectivity index is 1.51. The van der Waals surface area contributed by atoms with Crippen LogP contribution in [0.1, 0.15) is 16.9 Å². The summed E-state index contributed by atoms with van der Waals surface area (Å²) < 4.78 is 6.86. The first kappa shape index (κ1) is 18.5. The first-order valence-electron chi connectivity index (χ1n) is 9.31. The van der Waals surface area contributed by atoms with Crippen molar-refractivity contribution in [1.29, 1.82) is 0 Å². The zero-order valence-corrected chi connectivity index (χ0v) is 16.0. The summed E-state index contributed by atoms with van der Waals surface area (Å²) in [6, 6.07) is 21.4. The van der Waals surface area contributed by atoms with E-state index in [0.29, 0.717) is 24.7 Å². The predicted octanol–water partition coefficient (Wildman–Crippen LogP) is 4.22. The van der Waals surface area contributed by atoms with Crippen molar-refractivity contribution in [3.05, 3.63) is 89.8 Å². The molecule has 2 aromatic heterocycles. The molecule has 2 N–H and O–H groups in total. The zero-order valence-electron chi connectivity index (χ0n) is 16.0. The number of hydrogen-bond acceptors (Lipinski definition) is 4. The predicted molar refractivity (Wildman–Crippen MR) is 110 cm³/mol. The second kappa shape index (κ2) is 8.43. The average Bonchev–Trinajstić information content (AvgIpc) is 3.33. The molecule has 29 heavy (non-hydrogen) atoms. The maximum Gasteiger partial charge on any atom is 0.320 e. The number of benzene rings is 2. The van der Waals surface area contributed by atoms with Crippen LogP contribution in [0.2, 0.25) is 0 Å². The van der Waals surface area contributed by atoms with Crippen molar-refractivity contribution in [2.75, 3.05) is 5.32 Å². The lowest BCUT2D eigenvalue weighted by Crippen LogP contribution is -2.28. The highest BCUT2D eigenvalue weighted by atomic mass is 16.5. The van der Waals surface area contributed by atoms with Crippen molar-refractivity contribution >= 4 is 11.8 Å². The summed E-state index contributed by atoms with van der Waals surface area (Å²) >= 11 is 0. The third-order valence-electron chi connectivity index (χ3n) is 4.38. The van der Waals surface area contributed by atoms with Crippen LogP contribution in [0.25, 0.3) is 11.3 Å². The first-order chi connectivity index (χ1) is 14.2. The molecular formula is C22H21N5O2. The van der Waals surface area contributed by atoms with E-state index >= 15 is 0 Å². The number of aromatic nitrogens is 3. The number of amides is 2. The molecule has 0 bridgehead atoms. The monoisotopic (exact) mass is 387 g/mol. The largest absolute Gasteiger partial charge is 0.360 e. The highest BCUT2D eigenvalue weighted by Gasteiger charge is 2.13. The first-order valence-corrected chi connectivity index (χ1v) is 9.31. The lowest BCUT2D eigenvalue weighted by atomic mass is 10.1. The molecule has 4 rings (SSSR count). The molecule has 2 heterocycles. The Kier molecular flexibility index (Phi) is 5.38. The minimum absolute atomic E-state index is 0.335. The summed E-state index contributed by atoms with van der Waals surface area (Å²) in [4.78, 5) is 12.2. The van der Waals surface area contributed by atoms with E-state index in [9.17, 15) is 4.79 Å². The van der Waals surface area contributed by atoms with Gasteiger partial charge in [0, 0.05) is 29.9 Å².